The number of nitrogen functional groups attached to an aromatic ring is 1. The Labute approximate surface area is 241 Å². The van der Waals surface area contributed by atoms with Gasteiger partial charge in [0.05, 0.1) is 29.1 Å². The number of halogens is 2. The van der Waals surface area contributed by atoms with Crippen molar-refractivity contribution >= 4 is 17.5 Å². The van der Waals surface area contributed by atoms with Crippen molar-refractivity contribution in [2.75, 3.05) is 24.1 Å². The van der Waals surface area contributed by atoms with Crippen molar-refractivity contribution in [3.63, 3.8) is 0 Å². The first-order valence-electron chi connectivity index (χ1n) is 13.3. The molecule has 0 aliphatic carbocycles. The molecule has 0 radical (unpaired) electrons. The van der Waals surface area contributed by atoms with Crippen LogP contribution in [-0.4, -0.2) is 40.1 Å². The van der Waals surface area contributed by atoms with Crippen molar-refractivity contribution in [1.29, 1.82) is 5.26 Å². The van der Waals surface area contributed by atoms with Gasteiger partial charge in [-0.25, -0.2) is 23.7 Å². The van der Waals surface area contributed by atoms with E-state index in [4.69, 9.17) is 10.5 Å². The van der Waals surface area contributed by atoms with E-state index in [0.29, 0.717) is 23.7 Å². The number of ether oxygens (including phenoxy) is 1. The lowest BCUT2D eigenvalue weighted by molar-refractivity contribution is 0.0940. The first-order valence-corrected chi connectivity index (χ1v) is 13.3. The van der Waals surface area contributed by atoms with Gasteiger partial charge in [-0.1, -0.05) is 30.3 Å². The third-order valence-electron chi connectivity index (χ3n) is 6.82. The largest absolute Gasteiger partial charge is 0.470 e. The molecule has 0 unspecified atom stereocenters. The van der Waals surface area contributed by atoms with Gasteiger partial charge in [-0.15, -0.1) is 0 Å². The second-order valence-corrected chi connectivity index (χ2v) is 9.83. The molecular weight excluding hydrogens is 542 g/mol. The second-order valence-electron chi connectivity index (χ2n) is 9.83. The molecule has 1 aliphatic heterocycles. The minimum absolute atomic E-state index is 0.00206. The number of anilines is 2. The highest BCUT2D eigenvalue weighted by atomic mass is 19.2. The van der Waals surface area contributed by atoms with Crippen LogP contribution in [0.15, 0.2) is 60.9 Å². The minimum atomic E-state index is -1.01. The van der Waals surface area contributed by atoms with Gasteiger partial charge >= 0.3 is 0 Å². The lowest BCUT2D eigenvalue weighted by Crippen LogP contribution is -2.28. The summed E-state index contributed by atoms with van der Waals surface area (Å²) in [6.07, 6.45) is 3.83. The van der Waals surface area contributed by atoms with Crippen LogP contribution in [0.2, 0.25) is 0 Å². The van der Waals surface area contributed by atoms with Crippen LogP contribution in [-0.2, 0) is 6.54 Å². The Morgan fingerprint density at radius 1 is 1.17 bits per heavy atom. The number of pyridine rings is 1. The molecule has 1 saturated heterocycles. The minimum Gasteiger partial charge on any atom is -0.470 e. The SMILES string of the molecule is C[C@H](NC(=O)c1cc(C#N)cnc1NCc1ccc(-c2cnc(N)c(O[C@H]3CCNC3)n2)cc1)c1ccc(F)c(F)c1. The molecule has 12 heteroatoms. The maximum atomic E-state index is 13.7. The maximum absolute atomic E-state index is 13.7. The molecule has 0 saturated carbocycles. The Bertz CT molecular complexity index is 1640. The van der Waals surface area contributed by atoms with E-state index >= 15 is 0 Å². The predicted molar refractivity (Wildman–Crippen MR) is 152 cm³/mol. The molecule has 5 rings (SSSR count). The van der Waals surface area contributed by atoms with Crippen LogP contribution in [0.5, 0.6) is 5.88 Å². The molecule has 10 nitrogen and oxygen atoms in total. The van der Waals surface area contributed by atoms with E-state index in [2.05, 4.69) is 30.9 Å². The number of nitriles is 1. The third kappa shape index (κ3) is 6.59. The number of amides is 1. The Morgan fingerprint density at radius 3 is 2.69 bits per heavy atom. The Hall–Kier alpha value is -5.15. The van der Waals surface area contributed by atoms with Gasteiger partial charge in [0.15, 0.2) is 17.5 Å². The maximum Gasteiger partial charge on any atom is 0.258 e. The standard InChI is InChI=1S/C30H28F2N8O2/c1-17(21-6-7-24(31)25(32)11-21)39-29(41)23-10-19(12-33)14-38-28(23)37-13-18-2-4-20(5-3-18)26-16-36-27(34)30(40-26)42-22-8-9-35-15-22/h2-7,10-11,14,16-17,22,35H,8-9,13,15H2,1H3,(H2,34,36)(H,37,38)(H,39,41)/t17-,22-/m0/s1. The van der Waals surface area contributed by atoms with Gasteiger partial charge in [0.25, 0.3) is 11.8 Å². The molecule has 1 fully saturated rings. The molecule has 42 heavy (non-hydrogen) atoms. The molecule has 2 aromatic carbocycles. The smallest absolute Gasteiger partial charge is 0.258 e. The number of hydrogen-bond donors (Lipinski definition) is 4. The monoisotopic (exact) mass is 570 g/mol. The topological polar surface area (TPSA) is 151 Å². The van der Waals surface area contributed by atoms with E-state index in [1.54, 1.807) is 13.1 Å². The summed E-state index contributed by atoms with van der Waals surface area (Å²) in [6.45, 7) is 3.59. The van der Waals surface area contributed by atoms with Crippen molar-refractivity contribution in [2.24, 2.45) is 0 Å². The fourth-order valence-electron chi connectivity index (χ4n) is 4.45. The summed E-state index contributed by atoms with van der Waals surface area (Å²) in [6, 6.07) is 13.8. The number of hydrogen-bond acceptors (Lipinski definition) is 9. The molecule has 2 atom stereocenters. The highest BCUT2D eigenvalue weighted by Gasteiger charge is 2.20. The van der Waals surface area contributed by atoms with Gasteiger partial charge in [0.1, 0.15) is 18.0 Å². The highest BCUT2D eigenvalue weighted by Crippen LogP contribution is 2.25. The summed E-state index contributed by atoms with van der Waals surface area (Å²) in [5.74, 6) is -1.69. The fourth-order valence-corrected chi connectivity index (χ4v) is 4.45. The summed E-state index contributed by atoms with van der Waals surface area (Å²) in [5, 5.41) is 18.5. The van der Waals surface area contributed by atoms with Crippen molar-refractivity contribution in [3.8, 4) is 23.2 Å². The van der Waals surface area contributed by atoms with E-state index in [1.165, 1.54) is 18.3 Å². The Balaban J connectivity index is 1.27. The predicted octanol–water partition coefficient (Wildman–Crippen LogP) is 4.11. The molecule has 5 N–H and O–H groups in total. The summed E-state index contributed by atoms with van der Waals surface area (Å²) in [7, 11) is 0. The number of benzene rings is 2. The quantitative estimate of drug-likeness (QED) is 0.233. The van der Waals surface area contributed by atoms with Gasteiger partial charge in [0.2, 0.25) is 0 Å². The fraction of sp³-hybridized carbons (Fsp3) is 0.233. The number of carbonyl (C=O) groups excluding carboxylic acids is 1. The average molecular weight is 571 g/mol. The van der Waals surface area contributed by atoms with E-state index in [1.807, 2.05) is 30.3 Å². The van der Waals surface area contributed by atoms with Crippen molar-refractivity contribution in [1.82, 2.24) is 25.6 Å². The molecule has 214 valence electrons. The molecule has 3 heterocycles. The number of nitrogens with two attached hydrogens (primary N) is 1. The third-order valence-corrected chi connectivity index (χ3v) is 6.82. The van der Waals surface area contributed by atoms with Crippen molar-refractivity contribution in [2.45, 2.75) is 32.0 Å². The lowest BCUT2D eigenvalue weighted by atomic mass is 10.1. The molecule has 2 aromatic heterocycles. The van der Waals surface area contributed by atoms with Gasteiger partial charge in [-0.3, -0.25) is 4.79 Å². The molecule has 0 spiro atoms. The summed E-state index contributed by atoms with van der Waals surface area (Å²) >= 11 is 0. The van der Waals surface area contributed by atoms with Gasteiger partial charge < -0.3 is 26.4 Å². The average Bonchev–Trinajstić information content (AvgIpc) is 3.52. The van der Waals surface area contributed by atoms with Crippen LogP contribution in [0, 0.1) is 23.0 Å². The molecule has 1 amide bonds. The van der Waals surface area contributed by atoms with Crippen LogP contribution in [0.4, 0.5) is 20.4 Å². The number of nitrogens with one attached hydrogen (secondary N) is 3. The van der Waals surface area contributed by atoms with E-state index < -0.39 is 23.6 Å². The van der Waals surface area contributed by atoms with Crippen LogP contribution in [0.1, 0.15) is 46.4 Å². The molecule has 0 bridgehead atoms. The lowest BCUT2D eigenvalue weighted by Gasteiger charge is -2.17. The number of nitrogens with zero attached hydrogens (tertiary/aromatic N) is 4. The van der Waals surface area contributed by atoms with Crippen molar-refractivity contribution in [3.05, 3.63) is 94.8 Å². The van der Waals surface area contributed by atoms with E-state index in [-0.39, 0.29) is 28.9 Å². The van der Waals surface area contributed by atoms with Crippen LogP contribution in [0.3, 0.4) is 0 Å². The van der Waals surface area contributed by atoms with Gasteiger partial charge in [0, 0.05) is 24.8 Å². The zero-order valence-corrected chi connectivity index (χ0v) is 22.7. The summed E-state index contributed by atoms with van der Waals surface area (Å²) < 4.78 is 32.9. The zero-order chi connectivity index (χ0) is 29.6. The number of rotatable bonds is 9. The number of aromatic nitrogens is 3. The normalized spacial score (nSPS) is 15.0. The Morgan fingerprint density at radius 2 is 1.98 bits per heavy atom. The molecule has 1 aliphatic rings. The van der Waals surface area contributed by atoms with Crippen LogP contribution < -0.4 is 26.4 Å². The van der Waals surface area contributed by atoms with Crippen LogP contribution >= 0.6 is 0 Å². The summed E-state index contributed by atoms with van der Waals surface area (Å²) in [4.78, 5) is 26.2. The highest BCUT2D eigenvalue weighted by molar-refractivity contribution is 5.99. The zero-order valence-electron chi connectivity index (χ0n) is 22.7. The first kappa shape index (κ1) is 28.4. The number of carbonyl (C=O) groups is 1. The molecule has 4 aromatic rings. The van der Waals surface area contributed by atoms with Gasteiger partial charge in [-0.2, -0.15) is 5.26 Å². The van der Waals surface area contributed by atoms with Crippen LogP contribution in [0.25, 0.3) is 11.3 Å². The summed E-state index contributed by atoms with van der Waals surface area (Å²) in [5.41, 5.74) is 9.04. The second kappa shape index (κ2) is 12.6. The van der Waals surface area contributed by atoms with Gasteiger partial charge in [-0.05, 0) is 49.2 Å². The van der Waals surface area contributed by atoms with Crippen molar-refractivity contribution < 1.29 is 18.3 Å². The first-order chi connectivity index (χ1) is 20.3. The molecular formula is C30H28F2N8O2. The Kier molecular flexibility index (Phi) is 8.50. The van der Waals surface area contributed by atoms with E-state index in [0.717, 1.165) is 42.8 Å². The van der Waals surface area contributed by atoms with E-state index in [9.17, 15) is 18.8 Å².